The number of aliphatic hydroxyl groups excluding tert-OH is 3. The van der Waals surface area contributed by atoms with Crippen molar-refractivity contribution in [2.45, 2.75) is 89.4 Å². The molecule has 0 amide bonds. The SMILES string of the molecule is CC[C@](C)(O)C(=O)O[C@H]1C(=O)O[C@@H]2C[C@H]3C(C)=C[C@H](O)[C@@H](O)[C@]3(C)[C@H]3[C@]4(O)OC[C@]32[C@@H]1[C@@H](C)[C@H]4O. The normalized spacial score (nSPS) is 54.1. The summed E-state index contributed by atoms with van der Waals surface area (Å²) in [6.45, 7) is 8.06. The lowest BCUT2D eigenvalue weighted by atomic mass is 9.38. The summed E-state index contributed by atoms with van der Waals surface area (Å²) in [6.07, 6.45) is -4.18. The molecule has 0 aromatic carbocycles. The molecule has 1 spiro atoms. The van der Waals surface area contributed by atoms with E-state index in [9.17, 15) is 35.1 Å². The fourth-order valence-electron chi connectivity index (χ4n) is 8.28. The van der Waals surface area contributed by atoms with Crippen molar-refractivity contribution in [1.29, 1.82) is 0 Å². The van der Waals surface area contributed by atoms with E-state index in [1.165, 1.54) is 6.92 Å². The van der Waals surface area contributed by atoms with Gasteiger partial charge in [0.2, 0.25) is 6.10 Å². The molecule has 2 bridgehead atoms. The van der Waals surface area contributed by atoms with Crippen molar-refractivity contribution in [1.82, 2.24) is 0 Å². The number of aliphatic hydroxyl groups is 5. The fourth-order valence-corrected chi connectivity index (χ4v) is 8.28. The van der Waals surface area contributed by atoms with Crippen molar-refractivity contribution < 1.29 is 49.3 Å². The third-order valence-corrected chi connectivity index (χ3v) is 10.2. The summed E-state index contributed by atoms with van der Waals surface area (Å²) in [5, 5.41) is 55.6. The van der Waals surface area contributed by atoms with Crippen LogP contribution in [0.3, 0.4) is 0 Å². The molecule has 0 radical (unpaired) electrons. The zero-order chi connectivity index (χ0) is 25.9. The van der Waals surface area contributed by atoms with Gasteiger partial charge in [0.1, 0.15) is 12.2 Å². The standard InChI is InChI=1S/C25H36O10/c1-6-22(4,31)21(30)35-16-15-11(3)17(27)25(32)20-23(5)12(10(2)7-13(26)18(23)28)8-14(34-19(16)29)24(15,20)9-33-25/h7,11-18,20,26-28,31-32H,6,8-9H2,1-5H3/t11-,12+,13+,14-,15-,16-,17-,18-,20-,22+,23-,24+,25-/m1/s1. The second-order valence-corrected chi connectivity index (χ2v) is 11.8. The van der Waals surface area contributed by atoms with Crippen LogP contribution >= 0.6 is 0 Å². The molecule has 4 fully saturated rings. The Morgan fingerprint density at radius 1 is 1.29 bits per heavy atom. The van der Waals surface area contributed by atoms with Gasteiger partial charge in [0.25, 0.3) is 0 Å². The quantitative estimate of drug-likeness (QED) is 0.258. The first-order valence-corrected chi connectivity index (χ1v) is 12.4. The number of ether oxygens (including phenoxy) is 3. The number of carbonyl (C=O) groups excluding carboxylic acids is 2. The minimum Gasteiger partial charge on any atom is -0.459 e. The summed E-state index contributed by atoms with van der Waals surface area (Å²) in [6, 6.07) is 0. The number of rotatable bonds is 3. The van der Waals surface area contributed by atoms with E-state index in [1.54, 1.807) is 26.8 Å². The molecule has 13 atom stereocenters. The van der Waals surface area contributed by atoms with Gasteiger partial charge >= 0.3 is 11.9 Å². The lowest BCUT2D eigenvalue weighted by molar-refractivity contribution is -0.345. The van der Waals surface area contributed by atoms with Crippen LogP contribution in [0.25, 0.3) is 0 Å². The van der Waals surface area contributed by atoms with Gasteiger partial charge in [0, 0.05) is 22.7 Å². The van der Waals surface area contributed by atoms with Crippen molar-refractivity contribution in [3.05, 3.63) is 11.6 Å². The molecular formula is C25H36O10. The zero-order valence-corrected chi connectivity index (χ0v) is 20.7. The van der Waals surface area contributed by atoms with E-state index in [4.69, 9.17) is 14.2 Å². The Bertz CT molecular complexity index is 977. The van der Waals surface area contributed by atoms with Crippen molar-refractivity contribution in [3.63, 3.8) is 0 Å². The predicted molar refractivity (Wildman–Crippen MR) is 118 cm³/mol. The summed E-state index contributed by atoms with van der Waals surface area (Å²) in [7, 11) is 0. The molecule has 5 rings (SSSR count). The van der Waals surface area contributed by atoms with Crippen LogP contribution in [-0.4, -0.2) is 86.0 Å². The summed E-state index contributed by atoms with van der Waals surface area (Å²) >= 11 is 0. The Morgan fingerprint density at radius 3 is 2.57 bits per heavy atom. The van der Waals surface area contributed by atoms with E-state index in [1.807, 2.05) is 6.92 Å². The molecule has 2 saturated heterocycles. The van der Waals surface area contributed by atoms with E-state index >= 15 is 0 Å². The van der Waals surface area contributed by atoms with E-state index in [-0.39, 0.29) is 18.9 Å². The molecule has 2 heterocycles. The van der Waals surface area contributed by atoms with Crippen molar-refractivity contribution in [2.75, 3.05) is 6.61 Å². The van der Waals surface area contributed by atoms with Crippen LogP contribution in [0.5, 0.6) is 0 Å². The van der Waals surface area contributed by atoms with E-state index < -0.39 is 82.4 Å². The Morgan fingerprint density at radius 2 is 1.94 bits per heavy atom. The first kappa shape index (κ1) is 25.1. The largest absolute Gasteiger partial charge is 0.459 e. The Hall–Kier alpha value is -1.56. The molecule has 5 aliphatic rings. The van der Waals surface area contributed by atoms with Crippen LogP contribution in [0, 0.1) is 34.5 Å². The van der Waals surface area contributed by atoms with Gasteiger partial charge in [-0.25, -0.2) is 9.59 Å². The highest BCUT2D eigenvalue weighted by Gasteiger charge is 2.83. The van der Waals surface area contributed by atoms with Gasteiger partial charge in [-0.2, -0.15) is 0 Å². The minimum atomic E-state index is -2.08. The van der Waals surface area contributed by atoms with Gasteiger partial charge < -0.3 is 39.7 Å². The Balaban J connectivity index is 1.68. The lowest BCUT2D eigenvalue weighted by Gasteiger charge is -2.68. The molecule has 2 saturated carbocycles. The zero-order valence-electron chi connectivity index (χ0n) is 20.7. The van der Waals surface area contributed by atoms with Crippen LogP contribution in [0.15, 0.2) is 11.6 Å². The van der Waals surface area contributed by atoms with Gasteiger partial charge in [-0.3, -0.25) is 0 Å². The Labute approximate surface area is 203 Å². The highest BCUT2D eigenvalue weighted by Crippen LogP contribution is 2.74. The average molecular weight is 497 g/mol. The molecule has 10 heteroatoms. The second-order valence-electron chi connectivity index (χ2n) is 11.8. The van der Waals surface area contributed by atoms with Crippen molar-refractivity contribution in [2.24, 2.45) is 34.5 Å². The molecule has 0 aromatic heterocycles. The van der Waals surface area contributed by atoms with E-state index in [0.29, 0.717) is 6.42 Å². The predicted octanol–water partition coefficient (Wildman–Crippen LogP) is -0.359. The molecule has 196 valence electrons. The van der Waals surface area contributed by atoms with Gasteiger partial charge in [0.05, 0.1) is 18.8 Å². The molecular weight excluding hydrogens is 460 g/mol. The summed E-state index contributed by atoms with van der Waals surface area (Å²) < 4.78 is 17.4. The number of allylic oxidation sites excluding steroid dienone is 1. The molecule has 35 heavy (non-hydrogen) atoms. The third-order valence-electron chi connectivity index (χ3n) is 10.2. The van der Waals surface area contributed by atoms with Gasteiger partial charge in [-0.1, -0.05) is 32.4 Å². The van der Waals surface area contributed by atoms with Crippen LogP contribution in [0.1, 0.15) is 47.5 Å². The maximum absolute atomic E-state index is 13.3. The first-order chi connectivity index (χ1) is 16.2. The highest BCUT2D eigenvalue weighted by atomic mass is 16.7. The number of carbonyl (C=O) groups is 2. The van der Waals surface area contributed by atoms with Crippen LogP contribution < -0.4 is 0 Å². The number of fused-ring (bicyclic) bond motifs is 1. The molecule has 5 N–H and O–H groups in total. The number of esters is 2. The summed E-state index contributed by atoms with van der Waals surface area (Å²) in [5.41, 5.74) is -3.29. The van der Waals surface area contributed by atoms with E-state index in [0.717, 1.165) is 5.57 Å². The first-order valence-electron chi connectivity index (χ1n) is 12.4. The molecule has 2 aliphatic heterocycles. The number of hydrogen-bond acceptors (Lipinski definition) is 10. The summed E-state index contributed by atoms with van der Waals surface area (Å²) in [5.74, 6) is -6.72. The lowest BCUT2D eigenvalue weighted by Crippen LogP contribution is -2.78. The molecule has 0 unspecified atom stereocenters. The van der Waals surface area contributed by atoms with Gasteiger partial charge in [0.15, 0.2) is 11.4 Å². The van der Waals surface area contributed by atoms with Crippen molar-refractivity contribution in [3.8, 4) is 0 Å². The van der Waals surface area contributed by atoms with Gasteiger partial charge in [-0.15, -0.1) is 0 Å². The van der Waals surface area contributed by atoms with Crippen LogP contribution in [0.2, 0.25) is 0 Å². The molecule has 10 nitrogen and oxygen atoms in total. The van der Waals surface area contributed by atoms with Crippen molar-refractivity contribution >= 4 is 11.9 Å². The minimum absolute atomic E-state index is 0.0607. The van der Waals surface area contributed by atoms with Crippen LogP contribution in [0.4, 0.5) is 0 Å². The monoisotopic (exact) mass is 496 g/mol. The Kier molecular flexibility index (Phi) is 5.37. The fraction of sp³-hybridized carbons (Fsp3) is 0.840. The van der Waals surface area contributed by atoms with Crippen LogP contribution in [-0.2, 0) is 23.8 Å². The topological polar surface area (TPSA) is 163 Å². The number of hydrogen-bond donors (Lipinski definition) is 5. The maximum atomic E-state index is 13.3. The second kappa shape index (κ2) is 7.49. The maximum Gasteiger partial charge on any atom is 0.348 e. The molecule has 0 aromatic rings. The third kappa shape index (κ3) is 2.86. The average Bonchev–Trinajstić information content (AvgIpc) is 3.08. The van der Waals surface area contributed by atoms with E-state index in [2.05, 4.69) is 0 Å². The smallest absolute Gasteiger partial charge is 0.348 e. The molecule has 3 aliphatic carbocycles. The van der Waals surface area contributed by atoms with Gasteiger partial charge in [-0.05, 0) is 38.5 Å². The summed E-state index contributed by atoms with van der Waals surface area (Å²) in [4.78, 5) is 26.1. The highest BCUT2D eigenvalue weighted by molar-refractivity contribution is 5.84.